The average molecular weight is 194 g/mol. The molecular weight excluding hydrogens is 167 g/mol. The maximum absolute atomic E-state index is 2.45. The zero-order valence-corrected chi connectivity index (χ0v) is 11.4. The molecule has 1 heteroatoms. The smallest absolute Gasteiger partial charge is 0.0659 e. The first kappa shape index (κ1) is 12.1. The molecule has 0 atom stereocenters. The van der Waals surface area contributed by atoms with Gasteiger partial charge in [0, 0.05) is 0 Å². The lowest BCUT2D eigenvalue weighted by atomic mass is 9.36. The van der Waals surface area contributed by atoms with Gasteiger partial charge in [-0.3, -0.25) is 0 Å². The maximum atomic E-state index is 2.45. The summed E-state index contributed by atoms with van der Waals surface area (Å²) in [6.07, 6.45) is 2.69. The summed E-state index contributed by atoms with van der Waals surface area (Å²) in [6, 6.07) is 0. The molecule has 1 saturated carbocycles. The van der Waals surface area contributed by atoms with Gasteiger partial charge in [0.05, 0.1) is 0 Å². The van der Waals surface area contributed by atoms with Crippen molar-refractivity contribution < 1.29 is 0 Å². The van der Waals surface area contributed by atoms with E-state index in [0.29, 0.717) is 21.6 Å². The van der Waals surface area contributed by atoms with Gasteiger partial charge in [-0.2, -0.15) is 0 Å². The molecule has 0 aromatic rings. The van der Waals surface area contributed by atoms with Gasteiger partial charge in [0.2, 0.25) is 0 Å². The Morgan fingerprint density at radius 2 is 1.00 bits per heavy atom. The Morgan fingerprint density at radius 3 is 1.29 bits per heavy atom. The molecule has 0 heterocycles. The minimum atomic E-state index is 0.426. The van der Waals surface area contributed by atoms with Crippen LogP contribution in [0.2, 0.25) is 5.31 Å². The van der Waals surface area contributed by atoms with Crippen LogP contribution in [-0.4, -0.2) is 7.85 Å². The number of hydrogen-bond donors (Lipinski definition) is 0. The van der Waals surface area contributed by atoms with Gasteiger partial charge >= 0.3 is 0 Å². The Balaban J connectivity index is 3.13. The molecule has 1 aliphatic rings. The molecule has 0 aliphatic heterocycles. The second-order valence-electron chi connectivity index (χ2n) is 7.91. The van der Waals surface area contributed by atoms with Gasteiger partial charge in [-0.05, 0) is 29.1 Å². The van der Waals surface area contributed by atoms with Crippen LogP contribution in [-0.2, 0) is 0 Å². The van der Waals surface area contributed by atoms with E-state index >= 15 is 0 Å². The summed E-state index contributed by atoms with van der Waals surface area (Å²) in [4.78, 5) is 0. The van der Waals surface area contributed by atoms with Crippen molar-refractivity contribution >= 4 is 7.85 Å². The third-order valence-corrected chi connectivity index (χ3v) is 5.22. The molecule has 0 aromatic heterocycles. The lowest BCUT2D eigenvalue weighted by molar-refractivity contribution is -0.0289. The highest BCUT2D eigenvalue weighted by atomic mass is 14.6. The van der Waals surface area contributed by atoms with Crippen LogP contribution in [0.5, 0.6) is 0 Å². The summed E-state index contributed by atoms with van der Waals surface area (Å²) in [5.74, 6) is 0. The van der Waals surface area contributed by atoms with E-state index in [4.69, 9.17) is 0 Å². The van der Waals surface area contributed by atoms with Crippen LogP contribution in [0.15, 0.2) is 0 Å². The van der Waals surface area contributed by atoms with Crippen LogP contribution in [0.25, 0.3) is 0 Å². The predicted octanol–water partition coefficient (Wildman–Crippen LogP) is 3.67. The lowest BCUT2D eigenvalue weighted by Crippen LogP contribution is -2.50. The van der Waals surface area contributed by atoms with Crippen molar-refractivity contribution in [3.05, 3.63) is 0 Å². The normalized spacial score (nSPS) is 32.5. The number of rotatable bonds is 0. The second-order valence-corrected chi connectivity index (χ2v) is 7.91. The molecule has 0 N–H and O–H groups in total. The Labute approximate surface area is 91.3 Å². The third-order valence-electron chi connectivity index (χ3n) is 5.22. The van der Waals surface area contributed by atoms with E-state index in [-0.39, 0.29) is 0 Å². The third kappa shape index (κ3) is 1.63. The molecule has 0 spiro atoms. The van der Waals surface area contributed by atoms with E-state index in [1.54, 1.807) is 0 Å². The summed E-state index contributed by atoms with van der Waals surface area (Å²) < 4.78 is 0. The monoisotopic (exact) mass is 194 g/mol. The number of hydrogen-bond acceptors (Lipinski definition) is 0. The molecule has 0 saturated heterocycles. The first-order valence-electron chi connectivity index (χ1n) is 5.91. The zero-order chi connectivity index (χ0) is 11.4. The molecule has 0 unspecified atom stereocenters. The Bertz CT molecular complexity index is 212. The Kier molecular flexibility index (Phi) is 2.43. The van der Waals surface area contributed by atoms with Crippen molar-refractivity contribution in [1.29, 1.82) is 0 Å². The fraction of sp³-hybridized carbons (Fsp3) is 1.00. The topological polar surface area (TPSA) is 0 Å². The van der Waals surface area contributed by atoms with Gasteiger partial charge in [0.25, 0.3) is 0 Å². The van der Waals surface area contributed by atoms with Crippen LogP contribution in [0, 0.1) is 16.2 Å². The fourth-order valence-corrected chi connectivity index (χ4v) is 3.81. The van der Waals surface area contributed by atoms with Gasteiger partial charge < -0.3 is 0 Å². The molecule has 0 aromatic carbocycles. The van der Waals surface area contributed by atoms with Crippen LogP contribution in [0.3, 0.4) is 0 Å². The van der Waals surface area contributed by atoms with E-state index in [1.807, 2.05) is 0 Å². The standard InChI is InChI=1S/C13H27B/c1-10(2)8-11(3,4)13(7,14)12(5,6)9-10/h8-9,14H2,1-7H3. The summed E-state index contributed by atoms with van der Waals surface area (Å²) in [7, 11) is 2.45. The van der Waals surface area contributed by atoms with Crippen LogP contribution >= 0.6 is 0 Å². The molecule has 0 radical (unpaired) electrons. The van der Waals surface area contributed by atoms with Crippen molar-refractivity contribution in [3.63, 3.8) is 0 Å². The molecular formula is C13H27B. The molecule has 82 valence electrons. The van der Waals surface area contributed by atoms with Gasteiger partial charge in [-0.15, -0.1) is 0 Å². The Hall–Kier alpha value is 0.0649. The molecule has 1 aliphatic carbocycles. The lowest BCUT2D eigenvalue weighted by Gasteiger charge is -2.61. The minimum Gasteiger partial charge on any atom is -0.0659 e. The highest BCUT2D eigenvalue weighted by molar-refractivity contribution is 6.16. The van der Waals surface area contributed by atoms with Gasteiger partial charge in [-0.1, -0.05) is 53.8 Å². The van der Waals surface area contributed by atoms with E-state index < -0.39 is 0 Å². The summed E-state index contributed by atoms with van der Waals surface area (Å²) in [5, 5.41) is 0.426. The van der Waals surface area contributed by atoms with Crippen molar-refractivity contribution in [2.24, 2.45) is 16.2 Å². The summed E-state index contributed by atoms with van der Waals surface area (Å²) >= 11 is 0. The van der Waals surface area contributed by atoms with Crippen molar-refractivity contribution in [1.82, 2.24) is 0 Å². The first-order valence-corrected chi connectivity index (χ1v) is 5.91. The molecule has 0 amide bonds. The van der Waals surface area contributed by atoms with Crippen molar-refractivity contribution in [2.75, 3.05) is 0 Å². The Morgan fingerprint density at radius 1 is 0.714 bits per heavy atom. The average Bonchev–Trinajstić information content (AvgIpc) is 1.77. The van der Waals surface area contributed by atoms with E-state index in [9.17, 15) is 0 Å². The van der Waals surface area contributed by atoms with E-state index in [1.165, 1.54) is 12.8 Å². The van der Waals surface area contributed by atoms with E-state index in [2.05, 4.69) is 56.3 Å². The maximum Gasteiger partial charge on any atom is 0.110 e. The van der Waals surface area contributed by atoms with Crippen LogP contribution in [0.4, 0.5) is 0 Å². The highest BCUT2D eigenvalue weighted by Gasteiger charge is 2.54. The summed E-state index contributed by atoms with van der Waals surface area (Å²) in [5.41, 5.74) is 1.39. The minimum absolute atomic E-state index is 0.426. The van der Waals surface area contributed by atoms with Gasteiger partial charge in [0.1, 0.15) is 7.85 Å². The molecule has 0 nitrogen and oxygen atoms in total. The van der Waals surface area contributed by atoms with Gasteiger partial charge in [-0.25, -0.2) is 0 Å². The SMILES string of the molecule is BC1(C)C(C)(C)CC(C)(C)CC1(C)C. The molecule has 1 rings (SSSR count). The van der Waals surface area contributed by atoms with E-state index in [0.717, 1.165) is 0 Å². The summed E-state index contributed by atoms with van der Waals surface area (Å²) in [6.45, 7) is 17.1. The molecule has 14 heavy (non-hydrogen) atoms. The molecule has 0 bridgehead atoms. The first-order chi connectivity index (χ1) is 5.91. The highest BCUT2D eigenvalue weighted by Crippen LogP contribution is 2.67. The van der Waals surface area contributed by atoms with Crippen LogP contribution < -0.4 is 0 Å². The molecule has 1 fully saturated rings. The quantitative estimate of drug-likeness (QED) is 0.516. The zero-order valence-electron chi connectivity index (χ0n) is 11.4. The van der Waals surface area contributed by atoms with Crippen molar-refractivity contribution in [3.8, 4) is 0 Å². The second kappa shape index (κ2) is 2.80. The predicted molar refractivity (Wildman–Crippen MR) is 67.5 cm³/mol. The largest absolute Gasteiger partial charge is 0.110 e. The fourth-order valence-electron chi connectivity index (χ4n) is 3.81. The van der Waals surface area contributed by atoms with Crippen molar-refractivity contribution in [2.45, 2.75) is 66.6 Å². The van der Waals surface area contributed by atoms with Gasteiger partial charge in [0.15, 0.2) is 0 Å². The van der Waals surface area contributed by atoms with Crippen LogP contribution in [0.1, 0.15) is 61.3 Å².